The van der Waals surface area contributed by atoms with Crippen LogP contribution < -0.4 is 10.6 Å². The Morgan fingerprint density at radius 3 is 2.88 bits per heavy atom. The van der Waals surface area contributed by atoms with Gasteiger partial charge in [0.2, 0.25) is 0 Å². The summed E-state index contributed by atoms with van der Waals surface area (Å²) < 4.78 is 0. The number of aryl methyl sites for hydroxylation is 1. The van der Waals surface area contributed by atoms with Crippen LogP contribution in [0.25, 0.3) is 31.6 Å². The third-order valence-electron chi connectivity index (χ3n) is 5.83. The molecular weight excluding hydrogens is 430 g/mol. The van der Waals surface area contributed by atoms with Gasteiger partial charge in [0.05, 0.1) is 17.9 Å². The van der Waals surface area contributed by atoms with Crippen molar-refractivity contribution in [3.8, 4) is 16.5 Å². The molecule has 0 saturated heterocycles. The number of nitriles is 1. The van der Waals surface area contributed by atoms with E-state index in [4.69, 9.17) is 5.11 Å². The van der Waals surface area contributed by atoms with Crippen molar-refractivity contribution in [2.45, 2.75) is 13.5 Å². The number of rotatable bonds is 7. The lowest BCUT2D eigenvalue weighted by atomic mass is 10.0. The van der Waals surface area contributed by atoms with Crippen molar-refractivity contribution in [1.82, 2.24) is 15.3 Å². The maximum Gasteiger partial charge on any atom is 0.126 e. The van der Waals surface area contributed by atoms with Crippen molar-refractivity contribution in [3.63, 3.8) is 0 Å². The zero-order valence-electron chi connectivity index (χ0n) is 18.1. The standard InChI is InChI=1S/C26H23N5OS/c1-16-19-8-9-29-23(19)7-6-22(16)31-25-18(13-27)15-30-26-21(25)12-24(33-26)20-5-3-2-4-17(20)14-28-10-11-32/h2-9,12,15,28-29,32H,10-11,14H2,1H3,(H,30,31). The Labute approximate surface area is 195 Å². The third kappa shape index (κ3) is 3.96. The number of aromatic amines is 1. The number of aliphatic hydroxyl groups excluding tert-OH is 1. The van der Waals surface area contributed by atoms with Crippen LogP contribution in [0.2, 0.25) is 0 Å². The van der Waals surface area contributed by atoms with Gasteiger partial charge < -0.3 is 20.7 Å². The van der Waals surface area contributed by atoms with Gasteiger partial charge in [-0.2, -0.15) is 5.26 Å². The minimum atomic E-state index is 0.106. The Hall–Kier alpha value is -3.70. The molecule has 164 valence electrons. The second kappa shape index (κ2) is 9.04. The summed E-state index contributed by atoms with van der Waals surface area (Å²) in [6.45, 7) is 3.40. The number of benzene rings is 2. The molecule has 0 bridgehead atoms. The highest BCUT2D eigenvalue weighted by molar-refractivity contribution is 7.22. The van der Waals surface area contributed by atoms with Crippen LogP contribution in [0.4, 0.5) is 11.4 Å². The highest BCUT2D eigenvalue weighted by Gasteiger charge is 2.16. The van der Waals surface area contributed by atoms with Crippen molar-refractivity contribution in [2.75, 3.05) is 18.5 Å². The van der Waals surface area contributed by atoms with Crippen molar-refractivity contribution in [2.24, 2.45) is 0 Å². The fraction of sp³-hybridized carbons (Fsp3) is 0.154. The van der Waals surface area contributed by atoms with Crippen LogP contribution in [-0.2, 0) is 6.54 Å². The lowest BCUT2D eigenvalue weighted by Gasteiger charge is -2.13. The Balaban J connectivity index is 1.59. The summed E-state index contributed by atoms with van der Waals surface area (Å²) in [6.07, 6.45) is 3.58. The first-order chi connectivity index (χ1) is 16.2. The Kier molecular flexibility index (Phi) is 5.80. The van der Waals surface area contributed by atoms with E-state index in [-0.39, 0.29) is 6.61 Å². The van der Waals surface area contributed by atoms with Gasteiger partial charge in [0.25, 0.3) is 0 Å². The molecule has 0 aliphatic heterocycles. The molecule has 5 aromatic rings. The average Bonchev–Trinajstić information content (AvgIpc) is 3.49. The van der Waals surface area contributed by atoms with Crippen LogP contribution in [0, 0.1) is 18.3 Å². The maximum atomic E-state index is 9.79. The Morgan fingerprint density at radius 2 is 2.03 bits per heavy atom. The van der Waals surface area contributed by atoms with Crippen LogP contribution in [0.5, 0.6) is 0 Å². The Morgan fingerprint density at radius 1 is 1.15 bits per heavy atom. The molecule has 0 unspecified atom stereocenters. The zero-order valence-corrected chi connectivity index (χ0v) is 19.0. The summed E-state index contributed by atoms with van der Waals surface area (Å²) in [4.78, 5) is 9.79. The number of thiophene rings is 1. The van der Waals surface area contributed by atoms with Gasteiger partial charge in [0, 0.05) is 52.3 Å². The second-order valence-electron chi connectivity index (χ2n) is 7.85. The molecule has 2 aromatic carbocycles. The van der Waals surface area contributed by atoms with Gasteiger partial charge >= 0.3 is 0 Å². The molecule has 0 spiro atoms. The number of aromatic nitrogens is 2. The summed E-state index contributed by atoms with van der Waals surface area (Å²) in [6, 6.07) is 18.8. The molecule has 0 radical (unpaired) electrons. The first-order valence-electron chi connectivity index (χ1n) is 10.8. The number of hydrogen-bond donors (Lipinski definition) is 4. The molecule has 5 rings (SSSR count). The molecule has 7 heteroatoms. The molecule has 0 fully saturated rings. The highest BCUT2D eigenvalue weighted by Crippen LogP contribution is 2.40. The largest absolute Gasteiger partial charge is 0.395 e. The zero-order chi connectivity index (χ0) is 22.8. The van der Waals surface area contributed by atoms with Crippen molar-refractivity contribution in [3.05, 3.63) is 77.6 Å². The number of H-pyrrole nitrogens is 1. The maximum absolute atomic E-state index is 9.79. The predicted octanol–water partition coefficient (Wildman–Crippen LogP) is 5.45. The monoisotopic (exact) mass is 453 g/mol. The molecule has 33 heavy (non-hydrogen) atoms. The lowest BCUT2D eigenvalue weighted by molar-refractivity contribution is 0.292. The van der Waals surface area contributed by atoms with Gasteiger partial charge in [-0.05, 0) is 47.9 Å². The Bertz CT molecular complexity index is 1490. The number of aliphatic hydroxyl groups is 1. The topological polar surface area (TPSA) is 96.8 Å². The van der Waals surface area contributed by atoms with Gasteiger partial charge in [-0.1, -0.05) is 24.3 Å². The van der Waals surface area contributed by atoms with Gasteiger partial charge in [0.15, 0.2) is 0 Å². The molecule has 0 aliphatic carbocycles. The molecule has 4 N–H and O–H groups in total. The van der Waals surface area contributed by atoms with Crippen LogP contribution in [0.15, 0.2) is 60.9 Å². The average molecular weight is 454 g/mol. The fourth-order valence-electron chi connectivity index (χ4n) is 4.11. The number of fused-ring (bicyclic) bond motifs is 2. The third-order valence-corrected chi connectivity index (χ3v) is 6.91. The van der Waals surface area contributed by atoms with Gasteiger partial charge in [0.1, 0.15) is 10.9 Å². The molecule has 3 heterocycles. The van der Waals surface area contributed by atoms with E-state index in [1.54, 1.807) is 17.5 Å². The molecule has 0 amide bonds. The highest BCUT2D eigenvalue weighted by atomic mass is 32.1. The second-order valence-corrected chi connectivity index (χ2v) is 8.88. The van der Waals surface area contributed by atoms with Gasteiger partial charge in [-0.25, -0.2) is 4.98 Å². The smallest absolute Gasteiger partial charge is 0.126 e. The molecule has 6 nitrogen and oxygen atoms in total. The summed E-state index contributed by atoms with van der Waals surface area (Å²) in [5.41, 5.74) is 6.74. The van der Waals surface area contributed by atoms with E-state index in [1.165, 1.54) is 0 Å². The van der Waals surface area contributed by atoms with Gasteiger partial charge in [-0.3, -0.25) is 0 Å². The van der Waals surface area contributed by atoms with E-state index in [2.05, 4.69) is 57.9 Å². The van der Waals surface area contributed by atoms with Crippen LogP contribution in [0.1, 0.15) is 16.7 Å². The van der Waals surface area contributed by atoms with E-state index >= 15 is 0 Å². The molecule has 0 atom stereocenters. The number of pyridine rings is 1. The molecular formula is C26H23N5OS. The fourth-order valence-corrected chi connectivity index (χ4v) is 5.18. The number of nitrogens with zero attached hydrogens (tertiary/aromatic N) is 2. The van der Waals surface area contributed by atoms with Crippen molar-refractivity contribution >= 4 is 43.8 Å². The summed E-state index contributed by atoms with van der Waals surface area (Å²) in [7, 11) is 0. The van der Waals surface area contributed by atoms with Gasteiger partial charge in [-0.15, -0.1) is 11.3 Å². The number of hydrogen-bond acceptors (Lipinski definition) is 6. The van der Waals surface area contributed by atoms with Crippen LogP contribution in [0.3, 0.4) is 0 Å². The van der Waals surface area contributed by atoms with Crippen molar-refractivity contribution < 1.29 is 5.11 Å². The minimum Gasteiger partial charge on any atom is -0.395 e. The number of anilines is 2. The molecule has 0 aliphatic rings. The van der Waals surface area contributed by atoms with E-state index < -0.39 is 0 Å². The summed E-state index contributed by atoms with van der Waals surface area (Å²) in [5.74, 6) is 0. The van der Waals surface area contributed by atoms with Crippen LogP contribution in [-0.4, -0.2) is 28.2 Å². The first kappa shape index (κ1) is 21.2. The quantitative estimate of drug-likeness (QED) is 0.246. The SMILES string of the molecule is Cc1c(Nc2c(C#N)cnc3sc(-c4ccccc4CNCCO)cc23)ccc2[nH]ccc12. The summed E-state index contributed by atoms with van der Waals surface area (Å²) in [5, 5.41) is 27.7. The molecule has 3 aromatic heterocycles. The predicted molar refractivity (Wildman–Crippen MR) is 135 cm³/mol. The lowest BCUT2D eigenvalue weighted by Crippen LogP contribution is -2.17. The molecule has 0 saturated carbocycles. The van der Waals surface area contributed by atoms with Crippen LogP contribution >= 0.6 is 11.3 Å². The number of nitrogens with one attached hydrogen (secondary N) is 3. The van der Waals surface area contributed by atoms with E-state index in [0.29, 0.717) is 18.7 Å². The first-order valence-corrected chi connectivity index (χ1v) is 11.6. The normalized spacial score (nSPS) is 11.2. The van der Waals surface area contributed by atoms with E-state index in [1.807, 2.05) is 30.5 Å². The van der Waals surface area contributed by atoms with Crippen molar-refractivity contribution in [1.29, 1.82) is 5.26 Å². The van der Waals surface area contributed by atoms with E-state index in [0.717, 1.165) is 54.1 Å². The minimum absolute atomic E-state index is 0.106. The summed E-state index contributed by atoms with van der Waals surface area (Å²) >= 11 is 1.61. The van der Waals surface area contributed by atoms with E-state index in [9.17, 15) is 5.26 Å².